The van der Waals surface area contributed by atoms with Gasteiger partial charge in [-0.25, -0.2) is 4.39 Å². The number of hydrogen-bond donors (Lipinski definition) is 6. The lowest BCUT2D eigenvalue weighted by atomic mass is 9.78. The molecule has 1 amide bonds. The number of aryl methyl sites for hydroxylation is 1. The van der Waals surface area contributed by atoms with Crippen molar-refractivity contribution in [1.82, 2.24) is 0 Å². The van der Waals surface area contributed by atoms with Gasteiger partial charge in [0.05, 0.1) is 44.0 Å². The number of nitrogens with zero attached hydrogens (tertiary/aromatic N) is 1. The molecular formula is C32H38FNO7. The third kappa shape index (κ3) is 7.37. The Morgan fingerprint density at radius 3 is 2.05 bits per heavy atom. The Kier molecular flexibility index (Phi) is 10.2. The number of benzene rings is 3. The molecule has 1 aliphatic heterocycles. The van der Waals surface area contributed by atoms with Crippen LogP contribution >= 0.6 is 0 Å². The van der Waals surface area contributed by atoms with E-state index in [0.717, 1.165) is 16.7 Å². The minimum absolute atomic E-state index is 0.0792. The molecule has 2 unspecified atom stereocenters. The van der Waals surface area contributed by atoms with E-state index in [0.29, 0.717) is 36.9 Å². The minimum atomic E-state index is -1.55. The first-order chi connectivity index (χ1) is 19.7. The Labute approximate surface area is 239 Å². The van der Waals surface area contributed by atoms with Gasteiger partial charge in [-0.15, -0.1) is 0 Å². The largest absolute Gasteiger partial charge is 0.394 e. The number of amides is 1. The lowest BCUT2D eigenvalue weighted by molar-refractivity contribution is -0.131. The Bertz CT molecular complexity index is 1260. The molecule has 1 aliphatic rings. The lowest BCUT2D eigenvalue weighted by Crippen LogP contribution is -2.55. The van der Waals surface area contributed by atoms with Crippen molar-refractivity contribution in [1.29, 1.82) is 0 Å². The number of carbonyl (C=O) groups is 1. The van der Waals surface area contributed by atoms with Crippen molar-refractivity contribution < 1.29 is 39.8 Å². The average molecular weight is 568 g/mol. The van der Waals surface area contributed by atoms with Crippen LogP contribution in [0.15, 0.2) is 72.8 Å². The summed E-state index contributed by atoms with van der Waals surface area (Å²) in [4.78, 5) is 15.2. The topological polar surface area (TPSA) is 142 Å². The first kappa shape index (κ1) is 30.8. The van der Waals surface area contributed by atoms with Gasteiger partial charge in [0.25, 0.3) is 0 Å². The maximum Gasteiger partial charge on any atom is 0.233 e. The van der Waals surface area contributed by atoms with Gasteiger partial charge in [0.1, 0.15) is 11.4 Å². The maximum atomic E-state index is 13.4. The van der Waals surface area contributed by atoms with E-state index in [1.54, 1.807) is 4.90 Å². The third-order valence-corrected chi connectivity index (χ3v) is 7.91. The normalized spacial score (nSPS) is 18.7. The summed E-state index contributed by atoms with van der Waals surface area (Å²) >= 11 is 0. The molecule has 1 saturated heterocycles. The number of rotatable bonds is 14. The molecule has 4 rings (SSSR count). The Balaban J connectivity index is 1.53. The van der Waals surface area contributed by atoms with Crippen LogP contribution in [0, 0.1) is 11.7 Å². The van der Waals surface area contributed by atoms with E-state index >= 15 is 0 Å². The number of aliphatic hydroxyl groups is 6. The van der Waals surface area contributed by atoms with Crippen molar-refractivity contribution in [3.05, 3.63) is 101 Å². The van der Waals surface area contributed by atoms with E-state index in [2.05, 4.69) is 0 Å². The van der Waals surface area contributed by atoms with Crippen molar-refractivity contribution >= 4 is 11.6 Å². The zero-order valence-corrected chi connectivity index (χ0v) is 22.8. The van der Waals surface area contributed by atoms with Crippen LogP contribution in [0.1, 0.15) is 53.7 Å². The highest BCUT2D eigenvalue weighted by Gasteiger charge is 2.48. The van der Waals surface area contributed by atoms with Crippen LogP contribution in [0.2, 0.25) is 0 Å². The van der Waals surface area contributed by atoms with Crippen LogP contribution in [0.4, 0.5) is 10.1 Å². The van der Waals surface area contributed by atoms with Crippen molar-refractivity contribution in [3.63, 3.8) is 0 Å². The van der Waals surface area contributed by atoms with E-state index in [1.165, 1.54) is 24.3 Å². The van der Waals surface area contributed by atoms with Crippen LogP contribution in [-0.4, -0.2) is 68.1 Å². The second-order valence-electron chi connectivity index (χ2n) is 10.9. The maximum absolute atomic E-state index is 13.4. The smallest absolute Gasteiger partial charge is 0.233 e. The van der Waals surface area contributed by atoms with Crippen molar-refractivity contribution in [3.8, 4) is 0 Å². The zero-order valence-electron chi connectivity index (χ0n) is 22.8. The highest BCUT2D eigenvalue weighted by molar-refractivity contribution is 6.03. The summed E-state index contributed by atoms with van der Waals surface area (Å²) in [6.45, 7) is -1.41. The number of β-lactam (4-membered cyclic amide) rings is 1. The van der Waals surface area contributed by atoms with Gasteiger partial charge in [0, 0.05) is 12.1 Å². The molecule has 1 heterocycles. The van der Waals surface area contributed by atoms with Crippen LogP contribution in [0.25, 0.3) is 0 Å². The third-order valence-electron chi connectivity index (χ3n) is 7.91. The summed E-state index contributed by atoms with van der Waals surface area (Å²) in [6.07, 6.45) is -0.0325. The van der Waals surface area contributed by atoms with Crippen LogP contribution in [-0.2, 0) is 17.6 Å². The number of anilines is 1. The highest BCUT2D eigenvalue weighted by Crippen LogP contribution is 2.46. The van der Waals surface area contributed by atoms with E-state index in [4.69, 9.17) is 5.11 Å². The first-order valence-corrected chi connectivity index (χ1v) is 13.9. The summed E-state index contributed by atoms with van der Waals surface area (Å²) in [5.74, 6) is -0.853. The standard InChI is InChI=1S/C32H38FNO7/c33-25-9-7-23(8-10-25)29(39)14-13-28-30(24-5-1-21(2-6-24)15-16-32(41,19-36)20-37)34(31(28)40)26-11-3-22(4-12-26)17-27(38)18-35/h1-12,27-30,35-39,41H,13-20H2/t27?,28-,29?,30-/m1/s1. The van der Waals surface area contributed by atoms with Gasteiger partial charge in [0.2, 0.25) is 5.91 Å². The van der Waals surface area contributed by atoms with Gasteiger partial charge in [-0.2, -0.15) is 0 Å². The predicted molar refractivity (Wildman–Crippen MR) is 151 cm³/mol. The number of hydrogen-bond acceptors (Lipinski definition) is 7. The molecule has 3 aromatic rings. The molecule has 6 N–H and O–H groups in total. The van der Waals surface area contributed by atoms with E-state index in [-0.39, 0.29) is 36.7 Å². The zero-order chi connectivity index (χ0) is 29.6. The Morgan fingerprint density at radius 1 is 0.854 bits per heavy atom. The molecule has 0 aromatic heterocycles. The molecule has 8 nitrogen and oxygen atoms in total. The highest BCUT2D eigenvalue weighted by atomic mass is 19.1. The van der Waals surface area contributed by atoms with E-state index < -0.39 is 31.0 Å². The minimum Gasteiger partial charge on any atom is -0.394 e. The van der Waals surface area contributed by atoms with Gasteiger partial charge in [0.15, 0.2) is 0 Å². The van der Waals surface area contributed by atoms with Crippen molar-refractivity contribution in [2.45, 2.75) is 56.0 Å². The van der Waals surface area contributed by atoms with Crippen LogP contribution in [0.3, 0.4) is 0 Å². The average Bonchev–Trinajstić information content (AvgIpc) is 3.00. The quantitative estimate of drug-likeness (QED) is 0.165. The monoisotopic (exact) mass is 567 g/mol. The van der Waals surface area contributed by atoms with Crippen LogP contribution in [0.5, 0.6) is 0 Å². The molecule has 1 fully saturated rings. The summed E-state index contributed by atoms with van der Waals surface area (Å²) in [7, 11) is 0. The SMILES string of the molecule is O=C1[C@H](CCC(O)c2ccc(F)cc2)[C@@H](c2ccc(CCC(O)(CO)CO)cc2)N1c1ccc(CC(O)CO)cc1. The Morgan fingerprint density at radius 2 is 1.46 bits per heavy atom. The second-order valence-corrected chi connectivity index (χ2v) is 10.9. The molecule has 41 heavy (non-hydrogen) atoms. The first-order valence-electron chi connectivity index (χ1n) is 13.9. The van der Waals surface area contributed by atoms with Gasteiger partial charge in [-0.05, 0) is 72.2 Å². The van der Waals surface area contributed by atoms with Gasteiger partial charge >= 0.3 is 0 Å². The lowest BCUT2D eigenvalue weighted by Gasteiger charge is -2.48. The fourth-order valence-corrected chi connectivity index (χ4v) is 5.28. The fourth-order valence-electron chi connectivity index (χ4n) is 5.28. The molecule has 0 radical (unpaired) electrons. The van der Waals surface area contributed by atoms with Gasteiger partial charge in [-0.1, -0.05) is 48.5 Å². The summed E-state index contributed by atoms with van der Waals surface area (Å²) < 4.78 is 13.3. The summed E-state index contributed by atoms with van der Waals surface area (Å²) in [5, 5.41) is 58.5. The molecule has 9 heteroatoms. The number of carbonyl (C=O) groups excluding carboxylic acids is 1. The number of halogens is 1. The van der Waals surface area contributed by atoms with Crippen molar-refractivity contribution in [2.75, 3.05) is 24.7 Å². The summed E-state index contributed by atoms with van der Waals surface area (Å²) in [6, 6.07) is 20.3. The molecule has 0 bridgehead atoms. The molecular weight excluding hydrogens is 529 g/mol. The fraction of sp³-hybridized carbons (Fsp3) is 0.406. The number of aliphatic hydroxyl groups excluding tert-OH is 5. The van der Waals surface area contributed by atoms with E-state index in [1.807, 2.05) is 48.5 Å². The Hall–Kier alpha value is -3.18. The molecule has 3 aromatic carbocycles. The molecule has 220 valence electrons. The van der Waals surface area contributed by atoms with Gasteiger partial charge < -0.3 is 35.5 Å². The van der Waals surface area contributed by atoms with Crippen LogP contribution < -0.4 is 4.90 Å². The molecule has 0 saturated carbocycles. The van der Waals surface area contributed by atoms with E-state index in [9.17, 15) is 34.7 Å². The molecule has 0 spiro atoms. The van der Waals surface area contributed by atoms with Crippen molar-refractivity contribution in [2.24, 2.45) is 5.92 Å². The molecule has 4 atom stereocenters. The summed E-state index contributed by atoms with van der Waals surface area (Å²) in [5.41, 5.74) is 2.36. The predicted octanol–water partition coefficient (Wildman–Crippen LogP) is 2.59. The molecule has 0 aliphatic carbocycles. The second kappa shape index (κ2) is 13.7. The van der Waals surface area contributed by atoms with Gasteiger partial charge in [-0.3, -0.25) is 4.79 Å².